The molecule has 0 aromatic heterocycles. The minimum atomic E-state index is -0.105. The molecule has 0 radical (unpaired) electrons. The molecule has 0 aliphatic rings. The van der Waals surface area contributed by atoms with E-state index >= 15 is 0 Å². The summed E-state index contributed by atoms with van der Waals surface area (Å²) in [4.78, 5) is 25.7. The SMILES string of the molecule is COCCNCC(=O)N(C)CC(=O)N(C)C. The molecule has 0 saturated heterocycles. The second kappa shape index (κ2) is 8.06. The number of ether oxygens (including phenoxy) is 1. The highest BCUT2D eigenvalue weighted by Gasteiger charge is 2.13. The van der Waals surface area contributed by atoms with E-state index < -0.39 is 0 Å². The number of hydrogen-bond acceptors (Lipinski definition) is 4. The lowest BCUT2D eigenvalue weighted by atomic mass is 10.4. The van der Waals surface area contributed by atoms with Crippen molar-refractivity contribution in [3.63, 3.8) is 0 Å². The Morgan fingerprint density at radius 1 is 1.19 bits per heavy atom. The van der Waals surface area contributed by atoms with Gasteiger partial charge in [0.1, 0.15) is 0 Å². The zero-order chi connectivity index (χ0) is 12.6. The van der Waals surface area contributed by atoms with Crippen molar-refractivity contribution in [1.29, 1.82) is 0 Å². The summed E-state index contributed by atoms with van der Waals surface area (Å²) in [7, 11) is 6.54. The van der Waals surface area contributed by atoms with E-state index in [0.29, 0.717) is 13.2 Å². The van der Waals surface area contributed by atoms with Gasteiger partial charge in [0, 0.05) is 34.8 Å². The van der Waals surface area contributed by atoms with Gasteiger partial charge in [-0.3, -0.25) is 9.59 Å². The highest BCUT2D eigenvalue weighted by Crippen LogP contribution is 1.87. The minimum Gasteiger partial charge on any atom is -0.383 e. The largest absolute Gasteiger partial charge is 0.383 e. The summed E-state index contributed by atoms with van der Waals surface area (Å²) in [5.74, 6) is -0.195. The molecular weight excluding hydrogens is 210 g/mol. The van der Waals surface area contributed by atoms with Crippen LogP contribution in [0.15, 0.2) is 0 Å². The first-order valence-corrected chi connectivity index (χ1v) is 5.12. The summed E-state index contributed by atoms with van der Waals surface area (Å²) in [6, 6.07) is 0. The van der Waals surface area contributed by atoms with E-state index in [0.717, 1.165) is 0 Å². The number of hydrogen-bond donors (Lipinski definition) is 1. The average Bonchev–Trinajstić information content (AvgIpc) is 2.23. The maximum absolute atomic E-state index is 11.5. The molecule has 94 valence electrons. The van der Waals surface area contributed by atoms with E-state index in [-0.39, 0.29) is 24.9 Å². The molecule has 0 rings (SSSR count). The average molecular weight is 231 g/mol. The van der Waals surface area contributed by atoms with E-state index in [1.807, 2.05) is 0 Å². The molecular formula is C10H21N3O3. The minimum absolute atomic E-state index is 0.0901. The van der Waals surface area contributed by atoms with Crippen molar-refractivity contribution in [2.24, 2.45) is 0 Å². The standard InChI is InChI=1S/C10H21N3O3/c1-12(2)10(15)8-13(3)9(14)7-11-5-6-16-4/h11H,5-8H2,1-4H3. The first kappa shape index (κ1) is 14.9. The molecule has 0 saturated carbocycles. The Morgan fingerprint density at radius 2 is 1.81 bits per heavy atom. The van der Waals surface area contributed by atoms with Crippen molar-refractivity contribution < 1.29 is 14.3 Å². The third kappa shape index (κ3) is 6.36. The molecule has 0 aromatic carbocycles. The summed E-state index contributed by atoms with van der Waals surface area (Å²) in [5, 5.41) is 2.93. The van der Waals surface area contributed by atoms with Gasteiger partial charge >= 0.3 is 0 Å². The zero-order valence-corrected chi connectivity index (χ0v) is 10.4. The van der Waals surface area contributed by atoms with Crippen LogP contribution in [-0.2, 0) is 14.3 Å². The summed E-state index contributed by atoms with van der Waals surface area (Å²) >= 11 is 0. The fraction of sp³-hybridized carbons (Fsp3) is 0.800. The maximum atomic E-state index is 11.5. The van der Waals surface area contributed by atoms with Crippen LogP contribution < -0.4 is 5.32 Å². The van der Waals surface area contributed by atoms with Crippen molar-refractivity contribution >= 4 is 11.8 Å². The Labute approximate surface area is 96.5 Å². The lowest BCUT2D eigenvalue weighted by Gasteiger charge is -2.19. The van der Waals surface area contributed by atoms with Crippen LogP contribution in [0.2, 0.25) is 0 Å². The van der Waals surface area contributed by atoms with Crippen LogP contribution in [0, 0.1) is 0 Å². The lowest BCUT2D eigenvalue weighted by Crippen LogP contribution is -2.42. The number of carbonyl (C=O) groups excluding carboxylic acids is 2. The van der Waals surface area contributed by atoms with Crippen molar-refractivity contribution in [2.45, 2.75) is 0 Å². The first-order chi connectivity index (χ1) is 7.49. The number of carbonyl (C=O) groups is 2. The van der Waals surface area contributed by atoms with Crippen LogP contribution in [0.5, 0.6) is 0 Å². The van der Waals surface area contributed by atoms with Gasteiger partial charge in [-0.05, 0) is 0 Å². The van der Waals surface area contributed by atoms with Gasteiger partial charge in [0.25, 0.3) is 0 Å². The van der Waals surface area contributed by atoms with E-state index in [4.69, 9.17) is 4.74 Å². The molecule has 0 bridgehead atoms. The van der Waals surface area contributed by atoms with Gasteiger partial charge in [-0.25, -0.2) is 0 Å². The highest BCUT2D eigenvalue weighted by atomic mass is 16.5. The van der Waals surface area contributed by atoms with Gasteiger partial charge in [-0.2, -0.15) is 0 Å². The van der Waals surface area contributed by atoms with E-state index in [1.54, 1.807) is 28.3 Å². The molecule has 0 atom stereocenters. The molecule has 0 aliphatic carbocycles. The quantitative estimate of drug-likeness (QED) is 0.557. The van der Waals surface area contributed by atoms with E-state index in [1.165, 1.54) is 9.80 Å². The number of nitrogens with one attached hydrogen (secondary N) is 1. The Hall–Kier alpha value is -1.14. The summed E-state index contributed by atoms with van der Waals surface area (Å²) in [5.41, 5.74) is 0. The van der Waals surface area contributed by atoms with Crippen molar-refractivity contribution in [3.8, 4) is 0 Å². The van der Waals surface area contributed by atoms with Gasteiger partial charge in [-0.1, -0.05) is 0 Å². The van der Waals surface area contributed by atoms with E-state index in [2.05, 4.69) is 5.32 Å². The van der Waals surface area contributed by atoms with Gasteiger partial charge in [-0.15, -0.1) is 0 Å². The topological polar surface area (TPSA) is 61.9 Å². The van der Waals surface area contributed by atoms with Crippen LogP contribution in [0.4, 0.5) is 0 Å². The van der Waals surface area contributed by atoms with Crippen LogP contribution >= 0.6 is 0 Å². The normalized spacial score (nSPS) is 10.0. The lowest BCUT2D eigenvalue weighted by molar-refractivity contribution is -0.137. The summed E-state index contributed by atoms with van der Waals surface area (Å²) in [6.45, 7) is 1.52. The van der Waals surface area contributed by atoms with Gasteiger partial charge in [0.05, 0.1) is 19.7 Å². The molecule has 0 spiro atoms. The number of nitrogens with zero attached hydrogens (tertiary/aromatic N) is 2. The molecule has 2 amide bonds. The van der Waals surface area contributed by atoms with Crippen molar-refractivity contribution in [2.75, 3.05) is 54.5 Å². The Balaban J connectivity index is 3.77. The van der Waals surface area contributed by atoms with E-state index in [9.17, 15) is 9.59 Å². The fourth-order valence-electron chi connectivity index (χ4n) is 0.937. The molecule has 0 unspecified atom stereocenters. The number of rotatable bonds is 7. The molecule has 6 nitrogen and oxygen atoms in total. The molecule has 16 heavy (non-hydrogen) atoms. The Morgan fingerprint density at radius 3 is 2.31 bits per heavy atom. The van der Waals surface area contributed by atoms with Crippen LogP contribution in [-0.4, -0.2) is 76.1 Å². The number of likely N-dealkylation sites (N-methyl/N-ethyl adjacent to an activating group) is 2. The molecule has 6 heteroatoms. The zero-order valence-electron chi connectivity index (χ0n) is 10.4. The van der Waals surface area contributed by atoms with Gasteiger partial charge < -0.3 is 19.9 Å². The smallest absolute Gasteiger partial charge is 0.241 e. The third-order valence-electron chi connectivity index (χ3n) is 2.06. The second-order valence-electron chi connectivity index (χ2n) is 3.71. The third-order valence-corrected chi connectivity index (χ3v) is 2.06. The van der Waals surface area contributed by atoms with Crippen molar-refractivity contribution in [1.82, 2.24) is 15.1 Å². The molecule has 0 aromatic rings. The van der Waals surface area contributed by atoms with Crippen LogP contribution in [0.25, 0.3) is 0 Å². The van der Waals surface area contributed by atoms with Gasteiger partial charge in [0.2, 0.25) is 11.8 Å². The molecule has 0 fully saturated rings. The number of amides is 2. The predicted molar refractivity (Wildman–Crippen MR) is 61.1 cm³/mol. The predicted octanol–water partition coefficient (Wildman–Crippen LogP) is -1.23. The monoisotopic (exact) mass is 231 g/mol. The highest BCUT2D eigenvalue weighted by molar-refractivity contribution is 5.85. The van der Waals surface area contributed by atoms with Gasteiger partial charge in [0.15, 0.2) is 0 Å². The molecule has 0 aliphatic heterocycles. The van der Waals surface area contributed by atoms with Crippen LogP contribution in [0.1, 0.15) is 0 Å². The first-order valence-electron chi connectivity index (χ1n) is 5.12. The summed E-state index contributed by atoms with van der Waals surface area (Å²) in [6.07, 6.45) is 0. The molecule has 1 N–H and O–H groups in total. The Kier molecular flexibility index (Phi) is 7.49. The maximum Gasteiger partial charge on any atom is 0.241 e. The van der Waals surface area contributed by atoms with Crippen molar-refractivity contribution in [3.05, 3.63) is 0 Å². The fourth-order valence-corrected chi connectivity index (χ4v) is 0.937. The molecule has 0 heterocycles. The summed E-state index contributed by atoms with van der Waals surface area (Å²) < 4.78 is 4.83. The number of methoxy groups -OCH3 is 1. The second-order valence-corrected chi connectivity index (χ2v) is 3.71. The van der Waals surface area contributed by atoms with Crippen LogP contribution in [0.3, 0.4) is 0 Å². The Bertz CT molecular complexity index is 231.